The van der Waals surface area contributed by atoms with Gasteiger partial charge in [-0.15, -0.1) is 0 Å². The van der Waals surface area contributed by atoms with E-state index in [0.717, 1.165) is 0 Å². The quantitative estimate of drug-likeness (QED) is 0.806. The van der Waals surface area contributed by atoms with E-state index in [2.05, 4.69) is 15.9 Å². The highest BCUT2D eigenvalue weighted by molar-refractivity contribution is 9.10. The lowest BCUT2D eigenvalue weighted by atomic mass is 10.0. The topological polar surface area (TPSA) is 57.7 Å². The maximum atomic E-state index is 12.7. The summed E-state index contributed by atoms with van der Waals surface area (Å²) in [5.41, 5.74) is -1.08. The third kappa shape index (κ3) is 2.49. The molecule has 0 unspecified atom stereocenters. The van der Waals surface area contributed by atoms with Crippen molar-refractivity contribution in [3.05, 3.63) is 28.7 Å². The second kappa shape index (κ2) is 5.13. The molecule has 0 radical (unpaired) electrons. The molecule has 2 rings (SSSR count). The molecule has 0 N–H and O–H groups in total. The SMILES string of the molecule is CN1CCN(S(=O)(=O)c2cccc(Br)c2)C(C)(C)C1=O. The number of likely N-dealkylation sites (N-methyl/N-ethyl adjacent to an activating group) is 1. The number of benzene rings is 1. The fraction of sp³-hybridized carbons (Fsp3) is 0.462. The van der Waals surface area contributed by atoms with Crippen LogP contribution in [-0.4, -0.2) is 49.2 Å². The van der Waals surface area contributed by atoms with Crippen molar-refractivity contribution in [3.8, 4) is 0 Å². The van der Waals surface area contributed by atoms with Crippen molar-refractivity contribution in [3.63, 3.8) is 0 Å². The highest BCUT2D eigenvalue weighted by atomic mass is 79.9. The van der Waals surface area contributed by atoms with Crippen molar-refractivity contribution in [1.29, 1.82) is 0 Å². The molecule has 1 aliphatic heterocycles. The molecule has 1 aromatic rings. The van der Waals surface area contributed by atoms with Gasteiger partial charge in [0.15, 0.2) is 0 Å². The lowest BCUT2D eigenvalue weighted by Gasteiger charge is -2.43. The van der Waals surface area contributed by atoms with E-state index >= 15 is 0 Å². The smallest absolute Gasteiger partial charge is 0.244 e. The van der Waals surface area contributed by atoms with Crippen LogP contribution in [0.3, 0.4) is 0 Å². The fourth-order valence-electron chi connectivity index (χ4n) is 2.37. The Morgan fingerprint density at radius 1 is 1.25 bits per heavy atom. The standard InChI is InChI=1S/C13H17BrN2O3S/c1-13(2)12(17)15(3)7-8-16(13)20(18,19)11-6-4-5-10(14)9-11/h4-6,9H,7-8H2,1-3H3. The van der Waals surface area contributed by atoms with E-state index in [-0.39, 0.29) is 10.8 Å². The molecule has 0 atom stereocenters. The van der Waals surface area contributed by atoms with Crippen molar-refractivity contribution >= 4 is 31.9 Å². The molecule has 1 amide bonds. The monoisotopic (exact) mass is 360 g/mol. The number of rotatable bonds is 2. The average Bonchev–Trinajstić information content (AvgIpc) is 2.35. The molecule has 0 spiro atoms. The molecule has 1 aliphatic rings. The minimum Gasteiger partial charge on any atom is -0.343 e. The molecule has 7 heteroatoms. The minimum absolute atomic E-state index is 0.192. The largest absolute Gasteiger partial charge is 0.343 e. The third-order valence-corrected chi connectivity index (χ3v) is 6.08. The van der Waals surface area contributed by atoms with Crippen LogP contribution >= 0.6 is 15.9 Å². The Labute approximate surface area is 127 Å². The van der Waals surface area contributed by atoms with Gasteiger partial charge in [0.05, 0.1) is 4.90 Å². The van der Waals surface area contributed by atoms with Gasteiger partial charge in [0.2, 0.25) is 15.9 Å². The zero-order valence-electron chi connectivity index (χ0n) is 11.6. The average molecular weight is 361 g/mol. The molecule has 110 valence electrons. The van der Waals surface area contributed by atoms with Gasteiger partial charge in [-0.3, -0.25) is 4.79 Å². The summed E-state index contributed by atoms with van der Waals surface area (Å²) in [6.45, 7) is 3.97. The highest BCUT2D eigenvalue weighted by Gasteiger charge is 2.46. The molecular weight excluding hydrogens is 344 g/mol. The molecule has 0 saturated carbocycles. The van der Waals surface area contributed by atoms with Gasteiger partial charge in [-0.05, 0) is 32.0 Å². The van der Waals surface area contributed by atoms with Gasteiger partial charge < -0.3 is 4.90 Å². The lowest BCUT2D eigenvalue weighted by Crippen LogP contribution is -2.63. The second-order valence-corrected chi connectivity index (χ2v) is 8.10. The van der Waals surface area contributed by atoms with E-state index in [0.29, 0.717) is 17.6 Å². The molecule has 1 aromatic carbocycles. The Morgan fingerprint density at radius 2 is 1.90 bits per heavy atom. The van der Waals surface area contributed by atoms with Crippen LogP contribution in [0, 0.1) is 0 Å². The molecule has 0 bridgehead atoms. The lowest BCUT2D eigenvalue weighted by molar-refractivity contribution is -0.142. The van der Waals surface area contributed by atoms with Crippen LogP contribution in [0.4, 0.5) is 0 Å². The predicted molar refractivity (Wildman–Crippen MR) is 79.7 cm³/mol. The molecule has 1 heterocycles. The van der Waals surface area contributed by atoms with Crippen molar-refractivity contribution in [2.24, 2.45) is 0 Å². The van der Waals surface area contributed by atoms with Crippen LogP contribution in [0.1, 0.15) is 13.8 Å². The van der Waals surface area contributed by atoms with E-state index in [1.54, 1.807) is 50.1 Å². The van der Waals surface area contributed by atoms with Crippen LogP contribution in [0.5, 0.6) is 0 Å². The number of piperazine rings is 1. The van der Waals surface area contributed by atoms with Crippen molar-refractivity contribution < 1.29 is 13.2 Å². The van der Waals surface area contributed by atoms with Gasteiger partial charge in [-0.2, -0.15) is 4.31 Å². The number of halogens is 1. The fourth-order valence-corrected chi connectivity index (χ4v) is 4.70. The number of carbonyl (C=O) groups is 1. The molecule has 1 fully saturated rings. The van der Waals surface area contributed by atoms with Crippen molar-refractivity contribution in [2.75, 3.05) is 20.1 Å². The normalized spacial score (nSPS) is 20.2. The Morgan fingerprint density at radius 3 is 2.50 bits per heavy atom. The number of sulfonamides is 1. The van der Waals surface area contributed by atoms with Gasteiger partial charge in [-0.25, -0.2) is 8.42 Å². The van der Waals surface area contributed by atoms with Gasteiger partial charge in [0.25, 0.3) is 0 Å². The summed E-state index contributed by atoms with van der Waals surface area (Å²) in [5.74, 6) is -0.192. The van der Waals surface area contributed by atoms with Gasteiger partial charge >= 0.3 is 0 Å². The number of amides is 1. The Kier molecular flexibility index (Phi) is 3.96. The van der Waals surface area contributed by atoms with Gasteiger partial charge in [0, 0.05) is 24.6 Å². The molecular formula is C13H17BrN2O3S. The van der Waals surface area contributed by atoms with Crippen LogP contribution in [-0.2, 0) is 14.8 Å². The minimum atomic E-state index is -3.69. The van der Waals surface area contributed by atoms with Gasteiger partial charge in [0.1, 0.15) is 5.54 Å². The van der Waals surface area contributed by atoms with E-state index < -0.39 is 15.6 Å². The summed E-state index contributed by atoms with van der Waals surface area (Å²) in [5, 5.41) is 0. The van der Waals surface area contributed by atoms with E-state index in [1.807, 2.05) is 0 Å². The van der Waals surface area contributed by atoms with Crippen molar-refractivity contribution in [2.45, 2.75) is 24.3 Å². The maximum absolute atomic E-state index is 12.7. The molecule has 1 saturated heterocycles. The summed E-state index contributed by atoms with van der Waals surface area (Å²) in [6.07, 6.45) is 0. The van der Waals surface area contributed by atoms with Crippen molar-refractivity contribution in [1.82, 2.24) is 9.21 Å². The third-order valence-electron chi connectivity index (χ3n) is 3.52. The zero-order chi connectivity index (χ0) is 15.1. The van der Waals surface area contributed by atoms with Crippen LogP contribution in [0.25, 0.3) is 0 Å². The first kappa shape index (κ1) is 15.5. The van der Waals surface area contributed by atoms with E-state index in [1.165, 1.54) is 4.31 Å². The highest BCUT2D eigenvalue weighted by Crippen LogP contribution is 2.29. The molecule has 0 aliphatic carbocycles. The summed E-state index contributed by atoms with van der Waals surface area (Å²) < 4.78 is 27.5. The Bertz CT molecular complexity index is 643. The zero-order valence-corrected chi connectivity index (χ0v) is 14.0. The number of hydrogen-bond acceptors (Lipinski definition) is 3. The van der Waals surface area contributed by atoms with E-state index in [4.69, 9.17) is 0 Å². The van der Waals surface area contributed by atoms with Crippen LogP contribution in [0.2, 0.25) is 0 Å². The Balaban J connectivity index is 2.47. The van der Waals surface area contributed by atoms with Gasteiger partial charge in [-0.1, -0.05) is 22.0 Å². The molecule has 20 heavy (non-hydrogen) atoms. The number of hydrogen-bond donors (Lipinski definition) is 0. The predicted octanol–water partition coefficient (Wildman–Crippen LogP) is 1.69. The first-order valence-electron chi connectivity index (χ1n) is 6.21. The molecule has 0 aromatic heterocycles. The summed E-state index contributed by atoms with van der Waals surface area (Å²) in [7, 11) is -2.01. The summed E-state index contributed by atoms with van der Waals surface area (Å²) in [6, 6.07) is 6.52. The number of carbonyl (C=O) groups excluding carboxylic acids is 1. The van der Waals surface area contributed by atoms with Crippen LogP contribution in [0.15, 0.2) is 33.6 Å². The first-order chi connectivity index (χ1) is 9.17. The number of nitrogens with zero attached hydrogens (tertiary/aromatic N) is 2. The summed E-state index contributed by atoms with van der Waals surface area (Å²) >= 11 is 3.27. The summed E-state index contributed by atoms with van der Waals surface area (Å²) in [4.78, 5) is 14.0. The molecule has 5 nitrogen and oxygen atoms in total. The Hall–Kier alpha value is -0.920. The second-order valence-electron chi connectivity index (χ2n) is 5.32. The first-order valence-corrected chi connectivity index (χ1v) is 8.44. The van der Waals surface area contributed by atoms with E-state index in [9.17, 15) is 13.2 Å². The van der Waals surface area contributed by atoms with Crippen LogP contribution < -0.4 is 0 Å². The maximum Gasteiger partial charge on any atom is 0.244 e.